The third-order valence-electron chi connectivity index (χ3n) is 3.98. The van der Waals surface area contributed by atoms with Crippen molar-refractivity contribution in [2.75, 3.05) is 19.0 Å². The SMILES string of the molecule is COc1cc(NCC2CCCC2C)ccc1[N+](=O)[O-]. The van der Waals surface area contributed by atoms with E-state index >= 15 is 0 Å². The number of nitrogens with zero attached hydrogens (tertiary/aromatic N) is 1. The Balaban J connectivity index is 2.02. The van der Waals surface area contributed by atoms with Gasteiger partial charge in [0, 0.05) is 24.4 Å². The maximum atomic E-state index is 10.8. The lowest BCUT2D eigenvalue weighted by Gasteiger charge is -2.17. The highest BCUT2D eigenvalue weighted by atomic mass is 16.6. The molecule has 1 aromatic rings. The Morgan fingerprint density at radius 1 is 1.47 bits per heavy atom. The van der Waals surface area contributed by atoms with Crippen LogP contribution < -0.4 is 10.1 Å². The quantitative estimate of drug-likeness (QED) is 0.653. The number of rotatable bonds is 5. The first-order valence-electron chi connectivity index (χ1n) is 6.68. The smallest absolute Gasteiger partial charge is 0.311 e. The van der Waals surface area contributed by atoms with Gasteiger partial charge < -0.3 is 10.1 Å². The van der Waals surface area contributed by atoms with E-state index in [4.69, 9.17) is 4.74 Å². The summed E-state index contributed by atoms with van der Waals surface area (Å²) in [6, 6.07) is 4.91. The van der Waals surface area contributed by atoms with E-state index in [1.807, 2.05) is 0 Å². The fourth-order valence-electron chi connectivity index (χ4n) is 2.71. The molecule has 1 N–H and O–H groups in total. The molecule has 1 aliphatic rings. The Kier molecular flexibility index (Phi) is 4.24. The van der Waals surface area contributed by atoms with Crippen LogP contribution in [-0.2, 0) is 0 Å². The van der Waals surface area contributed by atoms with E-state index in [1.165, 1.54) is 32.4 Å². The van der Waals surface area contributed by atoms with Crippen LogP contribution in [0.3, 0.4) is 0 Å². The molecule has 1 aromatic carbocycles. The van der Waals surface area contributed by atoms with Crippen LogP contribution in [0.1, 0.15) is 26.2 Å². The van der Waals surface area contributed by atoms with Crippen molar-refractivity contribution in [1.82, 2.24) is 0 Å². The molecule has 0 radical (unpaired) electrons. The molecule has 0 spiro atoms. The van der Waals surface area contributed by atoms with Gasteiger partial charge in [0.05, 0.1) is 12.0 Å². The summed E-state index contributed by atoms with van der Waals surface area (Å²) in [7, 11) is 1.45. The summed E-state index contributed by atoms with van der Waals surface area (Å²) in [4.78, 5) is 10.4. The van der Waals surface area contributed by atoms with Crippen LogP contribution in [0.5, 0.6) is 5.75 Å². The molecule has 2 atom stereocenters. The van der Waals surface area contributed by atoms with Crippen LogP contribution in [0.4, 0.5) is 11.4 Å². The van der Waals surface area contributed by atoms with Gasteiger partial charge in [-0.15, -0.1) is 0 Å². The van der Waals surface area contributed by atoms with Crippen LogP contribution in [0.25, 0.3) is 0 Å². The standard InChI is InChI=1S/C14H20N2O3/c1-10-4-3-5-11(10)9-15-12-6-7-13(16(17)18)14(8-12)19-2/h6-8,10-11,15H,3-5,9H2,1-2H3. The van der Waals surface area contributed by atoms with Gasteiger partial charge in [-0.2, -0.15) is 0 Å². The predicted octanol–water partition coefficient (Wildman–Crippen LogP) is 3.45. The lowest BCUT2D eigenvalue weighted by Crippen LogP contribution is -2.16. The molecular weight excluding hydrogens is 244 g/mol. The number of anilines is 1. The van der Waals surface area contributed by atoms with Gasteiger partial charge in [0.2, 0.25) is 0 Å². The molecule has 0 aliphatic heterocycles. The average molecular weight is 264 g/mol. The second-order valence-corrected chi connectivity index (χ2v) is 5.19. The van der Waals surface area contributed by atoms with E-state index in [2.05, 4.69) is 12.2 Å². The zero-order chi connectivity index (χ0) is 13.8. The summed E-state index contributed by atoms with van der Waals surface area (Å²) in [6.45, 7) is 3.21. The summed E-state index contributed by atoms with van der Waals surface area (Å²) in [5.41, 5.74) is 0.879. The Labute approximate surface area is 113 Å². The number of ether oxygens (including phenoxy) is 1. The second-order valence-electron chi connectivity index (χ2n) is 5.19. The Morgan fingerprint density at radius 2 is 2.26 bits per heavy atom. The highest BCUT2D eigenvalue weighted by Gasteiger charge is 2.23. The minimum Gasteiger partial charge on any atom is -0.490 e. The fraction of sp³-hybridized carbons (Fsp3) is 0.571. The molecule has 0 heterocycles. The number of methoxy groups -OCH3 is 1. The molecule has 0 saturated heterocycles. The third kappa shape index (κ3) is 3.16. The lowest BCUT2D eigenvalue weighted by molar-refractivity contribution is -0.385. The van der Waals surface area contributed by atoms with Crippen LogP contribution in [0.15, 0.2) is 18.2 Å². The first-order chi connectivity index (χ1) is 9.11. The summed E-state index contributed by atoms with van der Waals surface area (Å²) in [5.74, 6) is 1.75. The second kappa shape index (κ2) is 5.91. The van der Waals surface area contributed by atoms with E-state index in [1.54, 1.807) is 12.1 Å². The molecular formula is C14H20N2O3. The number of hydrogen-bond acceptors (Lipinski definition) is 4. The van der Waals surface area contributed by atoms with E-state index < -0.39 is 4.92 Å². The minimum absolute atomic E-state index is 0.00212. The molecule has 1 fully saturated rings. The van der Waals surface area contributed by atoms with Gasteiger partial charge in [-0.05, 0) is 24.3 Å². The number of benzene rings is 1. The van der Waals surface area contributed by atoms with Crippen molar-refractivity contribution < 1.29 is 9.66 Å². The van der Waals surface area contributed by atoms with Gasteiger partial charge in [-0.3, -0.25) is 10.1 Å². The third-order valence-corrected chi connectivity index (χ3v) is 3.98. The Morgan fingerprint density at radius 3 is 2.84 bits per heavy atom. The number of hydrogen-bond donors (Lipinski definition) is 1. The fourth-order valence-corrected chi connectivity index (χ4v) is 2.71. The van der Waals surface area contributed by atoms with Crippen molar-refractivity contribution in [1.29, 1.82) is 0 Å². The molecule has 5 heteroatoms. The number of nitrogens with one attached hydrogen (secondary N) is 1. The molecule has 5 nitrogen and oxygen atoms in total. The molecule has 1 aliphatic carbocycles. The molecule has 1 saturated carbocycles. The van der Waals surface area contributed by atoms with Crippen molar-refractivity contribution in [3.8, 4) is 5.75 Å². The van der Waals surface area contributed by atoms with E-state index in [9.17, 15) is 10.1 Å². The summed E-state index contributed by atoms with van der Waals surface area (Å²) in [6.07, 6.45) is 3.87. The van der Waals surface area contributed by atoms with Gasteiger partial charge in [0.1, 0.15) is 0 Å². The summed E-state index contributed by atoms with van der Waals surface area (Å²) in [5, 5.41) is 14.2. The Hall–Kier alpha value is -1.78. The first-order valence-corrected chi connectivity index (χ1v) is 6.68. The van der Waals surface area contributed by atoms with Gasteiger partial charge >= 0.3 is 5.69 Å². The van der Waals surface area contributed by atoms with Crippen LogP contribution in [0.2, 0.25) is 0 Å². The zero-order valence-electron chi connectivity index (χ0n) is 11.4. The first kappa shape index (κ1) is 13.6. The lowest BCUT2D eigenvalue weighted by atomic mass is 9.98. The highest BCUT2D eigenvalue weighted by Crippen LogP contribution is 2.33. The van der Waals surface area contributed by atoms with Crippen molar-refractivity contribution in [2.24, 2.45) is 11.8 Å². The van der Waals surface area contributed by atoms with Crippen molar-refractivity contribution in [3.63, 3.8) is 0 Å². The number of nitro benzene ring substituents is 1. The van der Waals surface area contributed by atoms with Crippen LogP contribution in [-0.4, -0.2) is 18.6 Å². The maximum Gasteiger partial charge on any atom is 0.311 e. The van der Waals surface area contributed by atoms with Crippen molar-refractivity contribution in [3.05, 3.63) is 28.3 Å². The van der Waals surface area contributed by atoms with E-state index in [-0.39, 0.29) is 5.69 Å². The van der Waals surface area contributed by atoms with E-state index in [0.29, 0.717) is 11.7 Å². The van der Waals surface area contributed by atoms with E-state index in [0.717, 1.165) is 18.2 Å². The molecule has 0 bridgehead atoms. The molecule has 0 amide bonds. The largest absolute Gasteiger partial charge is 0.490 e. The monoisotopic (exact) mass is 264 g/mol. The van der Waals surface area contributed by atoms with Crippen LogP contribution >= 0.6 is 0 Å². The molecule has 0 aromatic heterocycles. The van der Waals surface area contributed by atoms with Crippen molar-refractivity contribution >= 4 is 11.4 Å². The summed E-state index contributed by atoms with van der Waals surface area (Å²) < 4.78 is 5.06. The average Bonchev–Trinajstić information content (AvgIpc) is 2.81. The topological polar surface area (TPSA) is 64.4 Å². The maximum absolute atomic E-state index is 10.8. The van der Waals surface area contributed by atoms with Crippen molar-refractivity contribution in [2.45, 2.75) is 26.2 Å². The molecule has 19 heavy (non-hydrogen) atoms. The highest BCUT2D eigenvalue weighted by molar-refractivity contribution is 5.57. The zero-order valence-corrected chi connectivity index (χ0v) is 11.4. The normalized spacial score (nSPS) is 22.2. The summed E-state index contributed by atoms with van der Waals surface area (Å²) >= 11 is 0. The van der Waals surface area contributed by atoms with Gasteiger partial charge in [-0.25, -0.2) is 0 Å². The van der Waals surface area contributed by atoms with Gasteiger partial charge in [0.15, 0.2) is 5.75 Å². The molecule has 2 rings (SSSR count). The minimum atomic E-state index is -0.429. The van der Waals surface area contributed by atoms with Gasteiger partial charge in [0.25, 0.3) is 0 Å². The molecule has 2 unspecified atom stereocenters. The van der Waals surface area contributed by atoms with Crippen LogP contribution in [0, 0.1) is 22.0 Å². The number of nitro groups is 1. The molecule has 104 valence electrons. The predicted molar refractivity (Wildman–Crippen MR) is 74.6 cm³/mol. The van der Waals surface area contributed by atoms with Gasteiger partial charge in [-0.1, -0.05) is 19.8 Å². The Bertz CT molecular complexity index is 462.